The Balaban J connectivity index is 1.52. The molecular formula is C20H31N3O3S. The fourth-order valence-corrected chi connectivity index (χ4v) is 5.28. The molecule has 0 aromatic heterocycles. The van der Waals surface area contributed by atoms with Gasteiger partial charge in [-0.3, -0.25) is 9.69 Å². The van der Waals surface area contributed by atoms with Gasteiger partial charge >= 0.3 is 0 Å². The van der Waals surface area contributed by atoms with Crippen LogP contribution in [-0.2, 0) is 21.4 Å². The van der Waals surface area contributed by atoms with E-state index in [1.807, 2.05) is 11.0 Å². The summed E-state index contributed by atoms with van der Waals surface area (Å²) in [5.41, 5.74) is 1.30. The molecule has 27 heavy (non-hydrogen) atoms. The molecule has 3 rings (SSSR count). The summed E-state index contributed by atoms with van der Waals surface area (Å²) < 4.78 is 25.5. The minimum Gasteiger partial charge on any atom is -0.337 e. The van der Waals surface area contributed by atoms with Gasteiger partial charge in [0.25, 0.3) is 0 Å². The molecule has 150 valence electrons. The topological polar surface area (TPSA) is 60.9 Å². The van der Waals surface area contributed by atoms with Crippen LogP contribution in [0.1, 0.15) is 32.3 Å². The maximum absolute atomic E-state index is 13.0. The first-order chi connectivity index (χ1) is 12.9. The van der Waals surface area contributed by atoms with E-state index in [0.29, 0.717) is 25.9 Å². The molecule has 2 aliphatic heterocycles. The molecule has 0 aliphatic carbocycles. The SMILES string of the molecule is CCS(=O)(=O)N1CCC(C(=O)N2CCN(Cc3ccccc3)CC2C)CC1. The summed E-state index contributed by atoms with van der Waals surface area (Å²) in [7, 11) is -3.14. The number of piperidine rings is 1. The zero-order valence-corrected chi connectivity index (χ0v) is 17.2. The van der Waals surface area contributed by atoms with Crippen molar-refractivity contribution in [1.29, 1.82) is 0 Å². The Morgan fingerprint density at radius 3 is 2.33 bits per heavy atom. The minimum atomic E-state index is -3.14. The van der Waals surface area contributed by atoms with E-state index >= 15 is 0 Å². The normalized spacial score (nSPS) is 23.5. The molecule has 1 amide bonds. The molecule has 1 unspecified atom stereocenters. The van der Waals surface area contributed by atoms with E-state index in [9.17, 15) is 13.2 Å². The maximum atomic E-state index is 13.0. The third kappa shape index (κ3) is 4.89. The van der Waals surface area contributed by atoms with E-state index in [1.165, 1.54) is 9.87 Å². The van der Waals surface area contributed by atoms with Crippen LogP contribution in [0.4, 0.5) is 0 Å². The van der Waals surface area contributed by atoms with Crippen molar-refractivity contribution < 1.29 is 13.2 Å². The monoisotopic (exact) mass is 393 g/mol. The van der Waals surface area contributed by atoms with Crippen molar-refractivity contribution in [3.63, 3.8) is 0 Å². The van der Waals surface area contributed by atoms with Crippen LogP contribution in [0.5, 0.6) is 0 Å². The van der Waals surface area contributed by atoms with E-state index < -0.39 is 10.0 Å². The highest BCUT2D eigenvalue weighted by Crippen LogP contribution is 2.24. The van der Waals surface area contributed by atoms with E-state index in [2.05, 4.69) is 36.1 Å². The summed E-state index contributed by atoms with van der Waals surface area (Å²) in [6.45, 7) is 8.15. The van der Waals surface area contributed by atoms with Gasteiger partial charge in [-0.25, -0.2) is 12.7 Å². The first-order valence-electron chi connectivity index (χ1n) is 9.95. The van der Waals surface area contributed by atoms with Gasteiger partial charge in [-0.15, -0.1) is 0 Å². The Hall–Kier alpha value is -1.44. The molecule has 0 bridgehead atoms. The summed E-state index contributed by atoms with van der Waals surface area (Å²) in [5.74, 6) is 0.290. The summed E-state index contributed by atoms with van der Waals surface area (Å²) in [6.07, 6.45) is 1.27. The second kappa shape index (κ2) is 8.71. The zero-order chi connectivity index (χ0) is 19.4. The molecule has 0 radical (unpaired) electrons. The summed E-state index contributed by atoms with van der Waals surface area (Å²) in [5, 5.41) is 0. The zero-order valence-electron chi connectivity index (χ0n) is 16.4. The van der Waals surface area contributed by atoms with Gasteiger partial charge in [0.15, 0.2) is 0 Å². The molecule has 1 atom stereocenters. The number of hydrogen-bond donors (Lipinski definition) is 0. The lowest BCUT2D eigenvalue weighted by molar-refractivity contribution is -0.141. The van der Waals surface area contributed by atoms with Crippen LogP contribution >= 0.6 is 0 Å². The highest BCUT2D eigenvalue weighted by Gasteiger charge is 2.35. The van der Waals surface area contributed by atoms with Crippen LogP contribution in [0.2, 0.25) is 0 Å². The van der Waals surface area contributed by atoms with Crippen LogP contribution in [-0.4, -0.2) is 72.9 Å². The van der Waals surface area contributed by atoms with E-state index in [1.54, 1.807) is 6.92 Å². The molecule has 0 saturated carbocycles. The molecule has 1 aromatic carbocycles. The highest BCUT2D eigenvalue weighted by molar-refractivity contribution is 7.89. The molecule has 0 N–H and O–H groups in total. The van der Waals surface area contributed by atoms with Gasteiger partial charge < -0.3 is 4.90 Å². The largest absolute Gasteiger partial charge is 0.337 e. The second-order valence-corrected chi connectivity index (χ2v) is 9.93. The van der Waals surface area contributed by atoms with Gasteiger partial charge in [-0.05, 0) is 32.3 Å². The molecule has 2 aliphatic rings. The molecule has 7 heteroatoms. The Morgan fingerprint density at radius 1 is 1.07 bits per heavy atom. The number of carbonyl (C=O) groups excluding carboxylic acids is 1. The van der Waals surface area contributed by atoms with Crippen molar-refractivity contribution in [1.82, 2.24) is 14.1 Å². The number of hydrogen-bond acceptors (Lipinski definition) is 4. The molecule has 2 saturated heterocycles. The molecule has 0 spiro atoms. The predicted molar refractivity (Wildman–Crippen MR) is 107 cm³/mol. The molecular weight excluding hydrogens is 362 g/mol. The predicted octanol–water partition coefficient (Wildman–Crippen LogP) is 1.78. The van der Waals surface area contributed by atoms with Crippen molar-refractivity contribution in [3.8, 4) is 0 Å². The van der Waals surface area contributed by atoms with Crippen LogP contribution in [0.25, 0.3) is 0 Å². The lowest BCUT2D eigenvalue weighted by atomic mass is 9.95. The lowest BCUT2D eigenvalue weighted by Gasteiger charge is -2.42. The van der Waals surface area contributed by atoms with Gasteiger partial charge in [-0.1, -0.05) is 30.3 Å². The van der Waals surface area contributed by atoms with Crippen LogP contribution in [0, 0.1) is 5.92 Å². The molecule has 6 nitrogen and oxygen atoms in total. The minimum absolute atomic E-state index is 0.0450. The molecule has 1 aromatic rings. The third-order valence-electron chi connectivity index (χ3n) is 5.81. The Bertz CT molecular complexity index is 730. The number of nitrogens with zero attached hydrogens (tertiary/aromatic N) is 3. The number of piperazine rings is 1. The van der Waals surface area contributed by atoms with Crippen molar-refractivity contribution in [2.75, 3.05) is 38.5 Å². The summed E-state index contributed by atoms with van der Waals surface area (Å²) >= 11 is 0. The number of rotatable bonds is 5. The van der Waals surface area contributed by atoms with Crippen LogP contribution in [0.15, 0.2) is 30.3 Å². The average molecular weight is 394 g/mol. The van der Waals surface area contributed by atoms with Gasteiger partial charge in [0.1, 0.15) is 0 Å². The highest BCUT2D eigenvalue weighted by atomic mass is 32.2. The van der Waals surface area contributed by atoms with Crippen molar-refractivity contribution in [2.45, 2.75) is 39.3 Å². The quantitative estimate of drug-likeness (QED) is 0.765. The standard InChI is InChI=1S/C20H31N3O3S/c1-3-27(25,26)22-11-9-19(10-12-22)20(24)23-14-13-21(15-17(23)2)16-18-7-5-4-6-8-18/h4-8,17,19H,3,9-16H2,1-2H3. The first kappa shape index (κ1) is 20.3. The molecule has 2 heterocycles. The fourth-order valence-electron chi connectivity index (χ4n) is 4.14. The van der Waals surface area contributed by atoms with E-state index in [0.717, 1.165) is 26.2 Å². The Kier molecular flexibility index (Phi) is 6.55. The maximum Gasteiger partial charge on any atom is 0.226 e. The number of amides is 1. The second-order valence-electron chi connectivity index (χ2n) is 7.68. The smallest absolute Gasteiger partial charge is 0.226 e. The molecule has 2 fully saturated rings. The van der Waals surface area contributed by atoms with Gasteiger partial charge in [-0.2, -0.15) is 0 Å². The van der Waals surface area contributed by atoms with Crippen molar-refractivity contribution in [3.05, 3.63) is 35.9 Å². The van der Waals surface area contributed by atoms with Gasteiger partial charge in [0, 0.05) is 51.2 Å². The Morgan fingerprint density at radius 2 is 1.74 bits per heavy atom. The number of sulfonamides is 1. The van der Waals surface area contributed by atoms with E-state index in [-0.39, 0.29) is 23.6 Å². The summed E-state index contributed by atoms with van der Waals surface area (Å²) in [6, 6.07) is 10.6. The summed E-state index contributed by atoms with van der Waals surface area (Å²) in [4.78, 5) is 17.4. The van der Waals surface area contributed by atoms with Gasteiger partial charge in [0.05, 0.1) is 5.75 Å². The number of carbonyl (C=O) groups is 1. The lowest BCUT2D eigenvalue weighted by Crippen LogP contribution is -2.56. The number of benzene rings is 1. The Labute approximate surface area is 163 Å². The van der Waals surface area contributed by atoms with Crippen LogP contribution in [0.3, 0.4) is 0 Å². The van der Waals surface area contributed by atoms with E-state index in [4.69, 9.17) is 0 Å². The van der Waals surface area contributed by atoms with Crippen molar-refractivity contribution in [2.24, 2.45) is 5.92 Å². The third-order valence-corrected chi connectivity index (χ3v) is 7.69. The van der Waals surface area contributed by atoms with Gasteiger partial charge in [0.2, 0.25) is 15.9 Å². The van der Waals surface area contributed by atoms with Crippen molar-refractivity contribution >= 4 is 15.9 Å². The average Bonchev–Trinajstić information content (AvgIpc) is 2.68. The van der Waals surface area contributed by atoms with Crippen LogP contribution < -0.4 is 0 Å². The fraction of sp³-hybridized carbons (Fsp3) is 0.650. The first-order valence-corrected chi connectivity index (χ1v) is 11.6.